The summed E-state index contributed by atoms with van der Waals surface area (Å²) in [7, 11) is 1.51. The van der Waals surface area contributed by atoms with Crippen molar-refractivity contribution in [3.8, 4) is 5.75 Å². The van der Waals surface area contributed by atoms with E-state index in [-0.39, 0.29) is 0 Å². The van der Waals surface area contributed by atoms with E-state index in [1.165, 1.54) is 7.11 Å². The third-order valence-electron chi connectivity index (χ3n) is 2.52. The lowest BCUT2D eigenvalue weighted by Gasteiger charge is -2.17. The van der Waals surface area contributed by atoms with E-state index in [0.717, 1.165) is 5.56 Å². The number of carboxylic acid groups (broad SMARTS) is 1. The Kier molecular flexibility index (Phi) is 3.78. The summed E-state index contributed by atoms with van der Waals surface area (Å²) in [6.45, 7) is 3.51. The van der Waals surface area contributed by atoms with Gasteiger partial charge in [0.2, 0.25) is 0 Å². The van der Waals surface area contributed by atoms with Crippen molar-refractivity contribution in [2.24, 2.45) is 5.73 Å². The van der Waals surface area contributed by atoms with Crippen molar-refractivity contribution in [1.82, 2.24) is 0 Å². The Hall–Kier alpha value is -1.26. The van der Waals surface area contributed by atoms with Gasteiger partial charge in [-0.15, -0.1) is 0 Å². The number of hydrogen-bond donors (Lipinski definition) is 2. The average molecular weight is 244 g/mol. The van der Waals surface area contributed by atoms with Gasteiger partial charge in [-0.25, -0.2) is 0 Å². The highest BCUT2D eigenvalue weighted by Gasteiger charge is 2.22. The summed E-state index contributed by atoms with van der Waals surface area (Å²) in [6.07, 6.45) is 0. The summed E-state index contributed by atoms with van der Waals surface area (Å²) in [5, 5.41) is 9.30. The molecule has 5 heteroatoms. The fraction of sp³-hybridized carbons (Fsp3) is 0.364. The number of aryl methyl sites for hydroxylation is 1. The summed E-state index contributed by atoms with van der Waals surface area (Å²) in [5.74, 6) is -0.551. The molecule has 1 aromatic carbocycles. The van der Waals surface area contributed by atoms with Gasteiger partial charge in [0.25, 0.3) is 0 Å². The fourth-order valence-corrected chi connectivity index (χ4v) is 1.92. The summed E-state index contributed by atoms with van der Waals surface area (Å²) in [6, 6.07) is 0.622. The predicted molar refractivity (Wildman–Crippen MR) is 62.0 cm³/mol. The molecular formula is C11H14ClNO3. The molecule has 0 aliphatic rings. The highest BCUT2D eigenvalue weighted by atomic mass is 35.5. The van der Waals surface area contributed by atoms with Crippen LogP contribution in [-0.4, -0.2) is 18.2 Å². The number of aliphatic carboxylic acids is 1. The standard InChI is InChI=1S/C11H14ClNO3/c1-5-4-7(16-3)9(12)6(2)8(5)10(13)11(14)15/h4,10H,13H2,1-3H3,(H,14,15). The van der Waals surface area contributed by atoms with Gasteiger partial charge in [-0.05, 0) is 36.6 Å². The quantitative estimate of drug-likeness (QED) is 0.852. The van der Waals surface area contributed by atoms with Gasteiger partial charge in [0.05, 0.1) is 12.1 Å². The molecule has 0 aliphatic heterocycles. The van der Waals surface area contributed by atoms with E-state index >= 15 is 0 Å². The van der Waals surface area contributed by atoms with Crippen LogP contribution in [0.2, 0.25) is 5.02 Å². The Morgan fingerprint density at radius 3 is 2.56 bits per heavy atom. The van der Waals surface area contributed by atoms with Crippen molar-refractivity contribution in [2.45, 2.75) is 19.9 Å². The number of benzene rings is 1. The number of carbonyl (C=O) groups is 1. The van der Waals surface area contributed by atoms with Crippen molar-refractivity contribution in [1.29, 1.82) is 0 Å². The van der Waals surface area contributed by atoms with Gasteiger partial charge in [-0.2, -0.15) is 0 Å². The summed E-state index contributed by atoms with van der Waals surface area (Å²) < 4.78 is 5.08. The maximum absolute atomic E-state index is 10.9. The molecule has 0 saturated carbocycles. The van der Waals surface area contributed by atoms with Crippen molar-refractivity contribution < 1.29 is 14.6 Å². The van der Waals surface area contributed by atoms with E-state index in [0.29, 0.717) is 21.9 Å². The van der Waals surface area contributed by atoms with E-state index in [2.05, 4.69) is 0 Å². The van der Waals surface area contributed by atoms with Crippen LogP contribution < -0.4 is 10.5 Å². The number of rotatable bonds is 3. The first-order valence-electron chi connectivity index (χ1n) is 4.72. The number of carboxylic acids is 1. The summed E-state index contributed by atoms with van der Waals surface area (Å²) in [4.78, 5) is 10.9. The van der Waals surface area contributed by atoms with Crippen LogP contribution in [0.25, 0.3) is 0 Å². The van der Waals surface area contributed by atoms with Crippen molar-refractivity contribution in [2.75, 3.05) is 7.11 Å². The minimum atomic E-state index is -1.08. The highest BCUT2D eigenvalue weighted by Crippen LogP contribution is 2.34. The minimum absolute atomic E-state index is 0.403. The van der Waals surface area contributed by atoms with Crippen molar-refractivity contribution in [3.63, 3.8) is 0 Å². The molecule has 1 rings (SSSR count). The van der Waals surface area contributed by atoms with Gasteiger partial charge < -0.3 is 15.6 Å². The van der Waals surface area contributed by atoms with Crippen LogP contribution in [0.5, 0.6) is 5.75 Å². The van der Waals surface area contributed by atoms with Crippen LogP contribution in [0, 0.1) is 13.8 Å². The largest absolute Gasteiger partial charge is 0.495 e. The Morgan fingerprint density at radius 1 is 1.56 bits per heavy atom. The molecule has 88 valence electrons. The molecule has 0 amide bonds. The molecule has 4 nitrogen and oxygen atoms in total. The molecule has 0 radical (unpaired) electrons. The second kappa shape index (κ2) is 4.72. The predicted octanol–water partition coefficient (Wildman–Crippen LogP) is 2.05. The van der Waals surface area contributed by atoms with Gasteiger partial charge in [-0.3, -0.25) is 4.79 Å². The normalized spacial score (nSPS) is 12.3. The van der Waals surface area contributed by atoms with Crippen LogP contribution in [0.3, 0.4) is 0 Å². The van der Waals surface area contributed by atoms with E-state index in [9.17, 15) is 4.79 Å². The van der Waals surface area contributed by atoms with Crippen LogP contribution in [0.4, 0.5) is 0 Å². The lowest BCUT2D eigenvalue weighted by molar-refractivity contribution is -0.138. The van der Waals surface area contributed by atoms with Crippen LogP contribution in [0.15, 0.2) is 6.07 Å². The van der Waals surface area contributed by atoms with Crippen LogP contribution in [0.1, 0.15) is 22.7 Å². The van der Waals surface area contributed by atoms with E-state index in [1.54, 1.807) is 19.9 Å². The van der Waals surface area contributed by atoms with Gasteiger partial charge in [-0.1, -0.05) is 11.6 Å². The third-order valence-corrected chi connectivity index (χ3v) is 2.99. The third kappa shape index (κ3) is 2.13. The molecule has 0 aliphatic carbocycles. The van der Waals surface area contributed by atoms with Gasteiger partial charge in [0, 0.05) is 0 Å². The van der Waals surface area contributed by atoms with E-state index < -0.39 is 12.0 Å². The molecule has 1 atom stereocenters. The molecule has 1 aromatic rings. The summed E-state index contributed by atoms with van der Waals surface area (Å²) >= 11 is 6.05. The average Bonchev–Trinajstić information content (AvgIpc) is 2.23. The van der Waals surface area contributed by atoms with Gasteiger partial charge in [0.15, 0.2) is 0 Å². The molecular weight excluding hydrogens is 230 g/mol. The monoisotopic (exact) mass is 243 g/mol. The SMILES string of the molecule is COc1cc(C)c(C(N)C(=O)O)c(C)c1Cl. The molecule has 0 fully saturated rings. The zero-order chi connectivity index (χ0) is 12.5. The van der Waals surface area contributed by atoms with E-state index in [1.807, 2.05) is 0 Å². The van der Waals surface area contributed by atoms with Crippen LogP contribution >= 0.6 is 11.6 Å². The van der Waals surface area contributed by atoms with Crippen molar-refractivity contribution in [3.05, 3.63) is 27.8 Å². The lowest BCUT2D eigenvalue weighted by Crippen LogP contribution is -2.22. The maximum Gasteiger partial charge on any atom is 0.325 e. The highest BCUT2D eigenvalue weighted by molar-refractivity contribution is 6.33. The molecule has 3 N–H and O–H groups in total. The first kappa shape index (κ1) is 12.8. The molecule has 0 aromatic heterocycles. The number of hydrogen-bond acceptors (Lipinski definition) is 3. The zero-order valence-corrected chi connectivity index (χ0v) is 10.1. The molecule has 1 unspecified atom stereocenters. The molecule has 0 saturated heterocycles. The number of ether oxygens (including phenoxy) is 1. The summed E-state index contributed by atoms with van der Waals surface area (Å²) in [5.41, 5.74) is 7.55. The molecule has 16 heavy (non-hydrogen) atoms. The molecule has 0 heterocycles. The Morgan fingerprint density at radius 2 is 2.12 bits per heavy atom. The molecule has 0 spiro atoms. The fourth-order valence-electron chi connectivity index (χ4n) is 1.69. The number of methoxy groups -OCH3 is 1. The number of halogens is 1. The Labute approximate surface area is 99.0 Å². The lowest BCUT2D eigenvalue weighted by atomic mass is 9.96. The number of nitrogens with two attached hydrogens (primary N) is 1. The first-order valence-corrected chi connectivity index (χ1v) is 5.10. The maximum atomic E-state index is 10.9. The first-order chi connectivity index (χ1) is 7.40. The zero-order valence-electron chi connectivity index (χ0n) is 9.37. The smallest absolute Gasteiger partial charge is 0.325 e. The van der Waals surface area contributed by atoms with Crippen LogP contribution in [-0.2, 0) is 4.79 Å². The molecule has 0 bridgehead atoms. The van der Waals surface area contributed by atoms with Gasteiger partial charge >= 0.3 is 5.97 Å². The second-order valence-electron chi connectivity index (χ2n) is 3.56. The Balaban J connectivity index is 3.41. The second-order valence-corrected chi connectivity index (χ2v) is 3.94. The van der Waals surface area contributed by atoms with Crippen molar-refractivity contribution >= 4 is 17.6 Å². The Bertz CT molecular complexity index is 432. The van der Waals surface area contributed by atoms with E-state index in [4.69, 9.17) is 27.2 Å². The topological polar surface area (TPSA) is 72.5 Å². The minimum Gasteiger partial charge on any atom is -0.495 e. The van der Waals surface area contributed by atoms with Gasteiger partial charge in [0.1, 0.15) is 11.8 Å².